The molecule has 4 aromatic carbocycles. The molecule has 1 heterocycles. The van der Waals surface area contributed by atoms with Crippen molar-refractivity contribution >= 4 is 95.6 Å². The van der Waals surface area contributed by atoms with Crippen molar-refractivity contribution in [3.8, 4) is 22.5 Å². The summed E-state index contributed by atoms with van der Waals surface area (Å²) in [6.07, 6.45) is 0. The Labute approximate surface area is 416 Å². The van der Waals surface area contributed by atoms with Crippen molar-refractivity contribution in [3.05, 3.63) is 105 Å². The molecule has 6 rings (SSSR count). The number of amides is 4. The molecule has 0 spiro atoms. The van der Waals surface area contributed by atoms with Gasteiger partial charge in [0.1, 0.15) is 47.3 Å². The maximum Gasteiger partial charge on any atom is 0.323 e. The zero-order valence-electron chi connectivity index (χ0n) is 39.9. The minimum Gasteiger partial charge on any atom is -0.480 e. The van der Waals surface area contributed by atoms with Crippen molar-refractivity contribution in [1.29, 1.82) is 0 Å². The quantitative estimate of drug-likeness (QED) is 0.0354. The first-order valence-corrected chi connectivity index (χ1v) is 24.5. The van der Waals surface area contributed by atoms with Crippen LogP contribution in [-0.4, -0.2) is 118 Å². The van der Waals surface area contributed by atoms with E-state index in [1.54, 1.807) is 58.0 Å². The van der Waals surface area contributed by atoms with E-state index >= 15 is 0 Å². The first kappa shape index (κ1) is 54.0. The van der Waals surface area contributed by atoms with Crippen LogP contribution in [0, 0.1) is 48.5 Å². The molecule has 384 valence electrons. The first-order chi connectivity index (χ1) is 34.0. The Balaban J connectivity index is 1.53. The van der Waals surface area contributed by atoms with Gasteiger partial charge in [0.25, 0.3) is 20.2 Å². The normalized spacial score (nSPS) is 11.9. The largest absolute Gasteiger partial charge is 0.480 e. The van der Waals surface area contributed by atoms with Crippen molar-refractivity contribution in [2.45, 2.75) is 58.3 Å². The summed E-state index contributed by atoms with van der Waals surface area (Å²) < 4.78 is 79.0. The van der Waals surface area contributed by atoms with Crippen molar-refractivity contribution in [1.82, 2.24) is 9.80 Å². The summed E-state index contributed by atoms with van der Waals surface area (Å²) in [4.78, 5) is 76.6. The second-order valence-corrected chi connectivity index (χ2v) is 19.6. The van der Waals surface area contributed by atoms with Crippen LogP contribution in [0.3, 0.4) is 0 Å². The number of carboxylic acid groups (broad SMARTS) is 4. The number of nitrogens with one attached hydrogen (secondary N) is 3. The number of anilines is 4. The molecule has 0 bridgehead atoms. The third kappa shape index (κ3) is 11.5. The molecule has 0 aromatic heterocycles. The smallest absolute Gasteiger partial charge is 0.323 e. The highest BCUT2D eigenvalue weighted by molar-refractivity contribution is 7.86. The van der Waals surface area contributed by atoms with Crippen LogP contribution in [0.15, 0.2) is 79.9 Å². The Morgan fingerprint density at radius 2 is 1.05 bits per heavy atom. The number of fused-ring (bicyclic) bond motifs is 2. The summed E-state index contributed by atoms with van der Waals surface area (Å²) in [5.41, 5.74) is 4.54. The summed E-state index contributed by atoms with van der Waals surface area (Å²) in [6.45, 7) is 7.36. The molecule has 1 aliphatic carbocycles. The number of aliphatic carboxylic acids is 4. The highest BCUT2D eigenvalue weighted by Crippen LogP contribution is 2.44. The van der Waals surface area contributed by atoms with Gasteiger partial charge in [0.15, 0.2) is 0 Å². The number of carbonyl (C=O) groups excluding carboxylic acids is 2. The van der Waals surface area contributed by atoms with Gasteiger partial charge in [0.05, 0.1) is 16.7 Å². The topological polar surface area (TPSA) is 360 Å². The summed E-state index contributed by atoms with van der Waals surface area (Å²) in [6, 6.07) is 13.1. The Bertz CT molecular complexity index is 3550. The number of carbonyl (C=O) groups is 6. The van der Waals surface area contributed by atoms with Crippen LogP contribution in [0.1, 0.15) is 38.9 Å². The van der Waals surface area contributed by atoms with E-state index in [4.69, 9.17) is 9.41 Å². The molecule has 2 aliphatic rings. The third-order valence-electron chi connectivity index (χ3n) is 12.1. The standard InChI is InChI=1S/C48H48N6O17S2/c1-22-24(3)43(51-47(63)53(18-37(55)56)19-38(57)58)25(4)23(2)42(22)49-29-12-14-31-34(16-29)71-35-17-30(13-15-32(35)41(31)33-10-8-9-11-36(33)72(65,66)67)50-44-26(5)27(6)45(46(28(44)7)73(68,69)70)52-48(64)54(20-39(59)60)21-40(61)62/h8-17,49H,18-21H2,1-7H3,(H,51,63)(H,52,64)(H,55,56)(H,57,58)(H,59,60)(H,61,62)(H,65,66,67)(H,68,69,70). The zero-order chi connectivity index (χ0) is 54.2. The Kier molecular flexibility index (Phi) is 15.3. The predicted octanol–water partition coefficient (Wildman–Crippen LogP) is 6.84. The average molecular weight is 1050 g/mol. The van der Waals surface area contributed by atoms with Crippen LogP contribution in [0.2, 0.25) is 0 Å². The van der Waals surface area contributed by atoms with Gasteiger partial charge < -0.3 is 50.6 Å². The van der Waals surface area contributed by atoms with Crippen molar-refractivity contribution < 1.29 is 79.6 Å². The van der Waals surface area contributed by atoms with Crippen LogP contribution in [0.25, 0.3) is 33.4 Å². The number of rotatable bonds is 16. The fraction of sp³-hybridized carbons (Fsp3) is 0.229. The summed E-state index contributed by atoms with van der Waals surface area (Å²) in [5.74, 6) is -5.80. The molecule has 23 nitrogen and oxygen atoms in total. The first-order valence-electron chi connectivity index (χ1n) is 21.6. The van der Waals surface area contributed by atoms with Gasteiger partial charge in [0.2, 0.25) is 0 Å². The van der Waals surface area contributed by atoms with Crippen LogP contribution in [0.4, 0.5) is 38.0 Å². The number of benzene rings is 5. The summed E-state index contributed by atoms with van der Waals surface area (Å²) in [5, 5.41) is 46.0. The SMILES string of the molecule is Cc1c(C)c(NC(=O)N(CC(=O)O)CC(=O)O)c(S(=O)(=O)O)c(C)c1N=c1ccc2c(-c3ccccc3S(=O)(=O)O)c3ccc(Nc4c(C)c(C)c(NC(=O)N(CC(=O)O)CC(=O)O)c(C)c4C)cc3oc-2c1. The lowest BCUT2D eigenvalue weighted by molar-refractivity contribution is -0.142. The van der Waals surface area contributed by atoms with Crippen LogP contribution in [0.5, 0.6) is 0 Å². The van der Waals surface area contributed by atoms with Crippen molar-refractivity contribution in [3.63, 3.8) is 0 Å². The monoisotopic (exact) mass is 1040 g/mol. The predicted molar refractivity (Wildman–Crippen MR) is 264 cm³/mol. The van der Waals surface area contributed by atoms with Crippen LogP contribution < -0.4 is 21.3 Å². The molecule has 4 aromatic rings. The molecule has 0 unspecified atom stereocenters. The molecule has 0 saturated heterocycles. The zero-order valence-corrected chi connectivity index (χ0v) is 41.6. The maximum absolute atomic E-state index is 13.2. The summed E-state index contributed by atoms with van der Waals surface area (Å²) >= 11 is 0. The second-order valence-electron chi connectivity index (χ2n) is 16.9. The molecule has 9 N–H and O–H groups in total. The molecule has 0 radical (unpaired) electrons. The minimum atomic E-state index is -5.18. The average Bonchev–Trinajstić information content (AvgIpc) is 3.29. The van der Waals surface area contributed by atoms with Gasteiger partial charge in [-0.3, -0.25) is 28.3 Å². The molecule has 4 amide bonds. The van der Waals surface area contributed by atoms with E-state index in [9.17, 15) is 75.1 Å². The van der Waals surface area contributed by atoms with E-state index in [-0.39, 0.29) is 44.6 Å². The number of hydrogen-bond donors (Lipinski definition) is 9. The molecular formula is C48H48N6O17S2. The molecule has 0 fully saturated rings. The maximum atomic E-state index is 13.2. The van der Waals surface area contributed by atoms with Crippen molar-refractivity contribution in [2.75, 3.05) is 42.1 Å². The Morgan fingerprint density at radius 1 is 0.562 bits per heavy atom. The second kappa shape index (κ2) is 20.8. The number of hydrogen-bond acceptors (Lipinski definition) is 13. The van der Waals surface area contributed by atoms with Crippen LogP contribution >= 0.6 is 0 Å². The van der Waals surface area contributed by atoms with E-state index in [0.717, 1.165) is 0 Å². The number of nitrogens with zero attached hydrogens (tertiary/aromatic N) is 3. The van der Waals surface area contributed by atoms with Gasteiger partial charge in [-0.2, -0.15) is 16.8 Å². The van der Waals surface area contributed by atoms with Crippen LogP contribution in [-0.2, 0) is 39.4 Å². The van der Waals surface area contributed by atoms with Gasteiger partial charge >= 0.3 is 35.9 Å². The van der Waals surface area contributed by atoms with Gasteiger partial charge in [0, 0.05) is 51.3 Å². The third-order valence-corrected chi connectivity index (χ3v) is 14.0. The molecule has 0 atom stereocenters. The Hall–Kier alpha value is -8.39. The highest BCUT2D eigenvalue weighted by Gasteiger charge is 2.30. The van der Waals surface area contributed by atoms with Crippen molar-refractivity contribution in [2.24, 2.45) is 4.99 Å². The van der Waals surface area contributed by atoms with Gasteiger partial charge in [-0.25, -0.2) is 14.6 Å². The van der Waals surface area contributed by atoms with E-state index in [2.05, 4.69) is 16.0 Å². The molecular weight excluding hydrogens is 997 g/mol. The van der Waals surface area contributed by atoms with E-state index in [0.29, 0.717) is 65.6 Å². The molecule has 73 heavy (non-hydrogen) atoms. The number of urea groups is 2. The van der Waals surface area contributed by atoms with E-state index in [1.165, 1.54) is 51.1 Å². The lowest BCUT2D eigenvalue weighted by Gasteiger charge is -2.25. The molecule has 1 aliphatic heterocycles. The summed E-state index contributed by atoms with van der Waals surface area (Å²) in [7, 11) is -9.99. The highest BCUT2D eigenvalue weighted by atomic mass is 32.2. The Morgan fingerprint density at radius 3 is 1.56 bits per heavy atom. The minimum absolute atomic E-state index is 0.0133. The van der Waals surface area contributed by atoms with Gasteiger partial charge in [-0.1, -0.05) is 18.2 Å². The lowest BCUT2D eigenvalue weighted by Crippen LogP contribution is -2.42. The van der Waals surface area contributed by atoms with Gasteiger partial charge in [-0.05, 0) is 118 Å². The fourth-order valence-electron chi connectivity index (χ4n) is 8.35. The van der Waals surface area contributed by atoms with E-state index < -0.39 is 97.8 Å². The number of carboxylic acids is 4. The molecule has 0 saturated carbocycles. The lowest BCUT2D eigenvalue weighted by atomic mass is 9.93. The van der Waals surface area contributed by atoms with Gasteiger partial charge in [-0.15, -0.1) is 0 Å². The molecule has 25 heteroatoms. The fourth-order valence-corrected chi connectivity index (χ4v) is 10.00. The van der Waals surface area contributed by atoms with E-state index in [1.807, 2.05) is 0 Å².